The first kappa shape index (κ1) is 15.6. The van der Waals surface area contributed by atoms with Crippen LogP contribution in [0, 0.1) is 34.9 Å². The molecule has 0 radical (unpaired) electrons. The van der Waals surface area contributed by atoms with Crippen LogP contribution in [-0.4, -0.2) is 12.2 Å². The van der Waals surface area contributed by atoms with E-state index in [4.69, 9.17) is 20.0 Å². The summed E-state index contributed by atoms with van der Waals surface area (Å²) in [7, 11) is 0. The molecule has 1 rings (SSSR count). The molecular weight excluding hydrogens is 240 g/mol. The smallest absolute Gasteiger partial charge is 0.286 e. The molecule has 0 bridgehead atoms. The third-order valence-electron chi connectivity index (χ3n) is 4.07. The van der Waals surface area contributed by atoms with Crippen LogP contribution in [0.5, 0.6) is 0 Å². The summed E-state index contributed by atoms with van der Waals surface area (Å²) in [5.41, 5.74) is 0. The minimum absolute atomic E-state index is 0.0345. The van der Waals surface area contributed by atoms with Crippen LogP contribution in [0.15, 0.2) is 0 Å². The maximum absolute atomic E-state index is 8.49. The molecule has 1 aliphatic rings. The van der Waals surface area contributed by atoms with Crippen molar-refractivity contribution in [3.05, 3.63) is 0 Å². The number of hydrogen-bond acceptors (Lipinski definition) is 4. The molecule has 106 valence electrons. The Morgan fingerprint density at radius 1 is 1.05 bits per heavy atom. The van der Waals surface area contributed by atoms with E-state index in [2.05, 4.69) is 6.92 Å². The van der Waals surface area contributed by atoms with Crippen LogP contribution in [0.1, 0.15) is 58.8 Å². The van der Waals surface area contributed by atoms with E-state index in [0.29, 0.717) is 5.92 Å². The lowest BCUT2D eigenvalue weighted by atomic mass is 9.81. The van der Waals surface area contributed by atoms with Gasteiger partial charge in [-0.2, -0.15) is 10.5 Å². The Labute approximate surface area is 116 Å². The summed E-state index contributed by atoms with van der Waals surface area (Å²) in [5.74, 6) is 1.43. The molecule has 2 unspecified atom stereocenters. The Balaban J connectivity index is 2.15. The van der Waals surface area contributed by atoms with Crippen molar-refractivity contribution >= 4 is 0 Å². The summed E-state index contributed by atoms with van der Waals surface area (Å²) in [5, 5.41) is 16.9. The van der Waals surface area contributed by atoms with Crippen molar-refractivity contribution in [1.82, 2.24) is 0 Å². The SMILES string of the molecule is CC(CCC(C)OC#N)CC1CCC(OC#N)CC1. The Morgan fingerprint density at radius 2 is 1.74 bits per heavy atom. The predicted octanol–water partition coefficient (Wildman–Crippen LogP) is 3.74. The fourth-order valence-electron chi connectivity index (χ4n) is 2.91. The molecule has 0 amide bonds. The zero-order valence-electron chi connectivity index (χ0n) is 12.0. The Bertz CT molecular complexity index is 324. The van der Waals surface area contributed by atoms with Crippen molar-refractivity contribution < 1.29 is 9.47 Å². The first-order chi connectivity index (χ1) is 9.15. The standard InChI is InChI=1S/C15H24N2O2/c1-12(3-4-13(2)18-10-16)9-14-5-7-15(8-6-14)19-11-17/h12-15H,3-9H2,1-2H3. The highest BCUT2D eigenvalue weighted by molar-refractivity contribution is 4.76. The zero-order valence-corrected chi connectivity index (χ0v) is 12.0. The van der Waals surface area contributed by atoms with Crippen LogP contribution in [0.2, 0.25) is 0 Å². The lowest BCUT2D eigenvalue weighted by Gasteiger charge is -2.28. The first-order valence-corrected chi connectivity index (χ1v) is 7.25. The molecule has 0 aliphatic heterocycles. The highest BCUT2D eigenvalue weighted by atomic mass is 16.5. The molecule has 1 aliphatic carbocycles. The van der Waals surface area contributed by atoms with E-state index in [1.165, 1.54) is 19.3 Å². The average molecular weight is 264 g/mol. The largest absolute Gasteiger partial charge is 0.424 e. The van der Waals surface area contributed by atoms with Gasteiger partial charge in [-0.05, 0) is 63.7 Å². The van der Waals surface area contributed by atoms with Crippen molar-refractivity contribution in [2.75, 3.05) is 0 Å². The van der Waals surface area contributed by atoms with Gasteiger partial charge in [-0.15, -0.1) is 0 Å². The molecule has 0 heterocycles. The molecular formula is C15H24N2O2. The summed E-state index contributed by atoms with van der Waals surface area (Å²) in [4.78, 5) is 0. The number of nitriles is 2. The van der Waals surface area contributed by atoms with Gasteiger partial charge in [0.2, 0.25) is 0 Å². The predicted molar refractivity (Wildman–Crippen MR) is 71.6 cm³/mol. The highest BCUT2D eigenvalue weighted by Gasteiger charge is 2.23. The van der Waals surface area contributed by atoms with E-state index >= 15 is 0 Å². The number of rotatable bonds is 7. The third-order valence-corrected chi connectivity index (χ3v) is 4.07. The van der Waals surface area contributed by atoms with Gasteiger partial charge < -0.3 is 9.47 Å². The lowest BCUT2D eigenvalue weighted by Crippen LogP contribution is -2.21. The van der Waals surface area contributed by atoms with E-state index in [0.717, 1.165) is 31.6 Å². The Hall–Kier alpha value is -1.42. The molecule has 0 aromatic heterocycles. The maximum atomic E-state index is 8.49. The van der Waals surface area contributed by atoms with Gasteiger partial charge in [-0.3, -0.25) is 0 Å². The molecule has 0 N–H and O–H groups in total. The van der Waals surface area contributed by atoms with Crippen LogP contribution in [-0.2, 0) is 9.47 Å². The minimum Gasteiger partial charge on any atom is -0.424 e. The Morgan fingerprint density at radius 3 is 2.32 bits per heavy atom. The summed E-state index contributed by atoms with van der Waals surface area (Å²) in [6, 6.07) is 0. The first-order valence-electron chi connectivity index (χ1n) is 7.25. The molecule has 0 saturated heterocycles. The van der Waals surface area contributed by atoms with Crippen molar-refractivity contribution in [2.24, 2.45) is 11.8 Å². The Kier molecular flexibility index (Phi) is 7.11. The third kappa shape index (κ3) is 6.34. The van der Waals surface area contributed by atoms with Crippen LogP contribution in [0.25, 0.3) is 0 Å². The molecule has 1 saturated carbocycles. The van der Waals surface area contributed by atoms with E-state index in [1.54, 1.807) is 12.5 Å². The van der Waals surface area contributed by atoms with Crippen LogP contribution in [0.3, 0.4) is 0 Å². The number of hydrogen-bond donors (Lipinski definition) is 0. The van der Waals surface area contributed by atoms with Crippen LogP contribution >= 0.6 is 0 Å². The van der Waals surface area contributed by atoms with E-state index in [-0.39, 0.29) is 12.2 Å². The van der Waals surface area contributed by atoms with Gasteiger partial charge in [0.1, 0.15) is 12.2 Å². The van der Waals surface area contributed by atoms with Crippen molar-refractivity contribution in [3.8, 4) is 12.5 Å². The second-order valence-electron chi connectivity index (χ2n) is 5.79. The topological polar surface area (TPSA) is 66.0 Å². The molecule has 4 nitrogen and oxygen atoms in total. The molecule has 4 heteroatoms. The van der Waals surface area contributed by atoms with E-state index in [1.807, 2.05) is 6.92 Å². The second kappa shape index (κ2) is 8.64. The molecule has 0 aromatic rings. The van der Waals surface area contributed by atoms with Gasteiger partial charge in [0.25, 0.3) is 12.5 Å². The molecule has 2 atom stereocenters. The van der Waals surface area contributed by atoms with E-state index in [9.17, 15) is 0 Å². The van der Waals surface area contributed by atoms with Gasteiger partial charge in [0.05, 0.1) is 0 Å². The van der Waals surface area contributed by atoms with Gasteiger partial charge >= 0.3 is 0 Å². The van der Waals surface area contributed by atoms with Crippen molar-refractivity contribution in [2.45, 2.75) is 71.0 Å². The number of ether oxygens (including phenoxy) is 2. The molecule has 19 heavy (non-hydrogen) atoms. The molecule has 0 spiro atoms. The van der Waals surface area contributed by atoms with Crippen LogP contribution < -0.4 is 0 Å². The number of nitrogens with zero attached hydrogens (tertiary/aromatic N) is 2. The zero-order chi connectivity index (χ0) is 14.1. The van der Waals surface area contributed by atoms with Gasteiger partial charge in [-0.25, -0.2) is 0 Å². The molecule has 1 fully saturated rings. The van der Waals surface area contributed by atoms with Crippen LogP contribution in [0.4, 0.5) is 0 Å². The van der Waals surface area contributed by atoms with E-state index < -0.39 is 0 Å². The van der Waals surface area contributed by atoms with Crippen molar-refractivity contribution in [3.63, 3.8) is 0 Å². The fraction of sp³-hybridized carbons (Fsp3) is 0.867. The second-order valence-corrected chi connectivity index (χ2v) is 5.79. The minimum atomic E-state index is 0.0345. The average Bonchev–Trinajstić information content (AvgIpc) is 2.39. The summed E-state index contributed by atoms with van der Waals surface area (Å²) in [6.07, 6.45) is 11.4. The monoisotopic (exact) mass is 264 g/mol. The van der Waals surface area contributed by atoms with Gasteiger partial charge in [0.15, 0.2) is 0 Å². The summed E-state index contributed by atoms with van der Waals surface area (Å²) >= 11 is 0. The normalized spacial score (nSPS) is 25.7. The summed E-state index contributed by atoms with van der Waals surface area (Å²) in [6.45, 7) is 4.22. The summed E-state index contributed by atoms with van der Waals surface area (Å²) < 4.78 is 9.88. The highest BCUT2D eigenvalue weighted by Crippen LogP contribution is 2.32. The fourth-order valence-corrected chi connectivity index (χ4v) is 2.91. The van der Waals surface area contributed by atoms with Gasteiger partial charge in [-0.1, -0.05) is 6.92 Å². The maximum Gasteiger partial charge on any atom is 0.286 e. The lowest BCUT2D eigenvalue weighted by molar-refractivity contribution is 0.0932. The molecule has 0 aromatic carbocycles. The quantitative estimate of drug-likeness (QED) is 0.657. The van der Waals surface area contributed by atoms with Gasteiger partial charge in [0, 0.05) is 0 Å². The van der Waals surface area contributed by atoms with Crippen molar-refractivity contribution in [1.29, 1.82) is 10.5 Å².